The van der Waals surface area contributed by atoms with Crippen LogP contribution >= 0.6 is 12.4 Å². The molecule has 0 bridgehead atoms. The maximum Gasteiger partial charge on any atom is 0.261 e. The molecule has 0 atom stereocenters. The lowest BCUT2D eigenvalue weighted by Gasteiger charge is -2.16. The molecule has 0 unspecified atom stereocenters. The molecule has 232 valence electrons. The summed E-state index contributed by atoms with van der Waals surface area (Å²) in [4.78, 5) is 38.5. The third-order valence-electron chi connectivity index (χ3n) is 6.99. The zero-order valence-electron chi connectivity index (χ0n) is 23.8. The van der Waals surface area contributed by atoms with Crippen molar-refractivity contribution < 1.29 is 37.1 Å². The van der Waals surface area contributed by atoms with Crippen molar-refractivity contribution in [3.05, 3.63) is 78.4 Å². The number of aromatic nitrogens is 4. The van der Waals surface area contributed by atoms with Crippen molar-refractivity contribution in [2.75, 3.05) is 24.9 Å². The number of benzene rings is 2. The third kappa shape index (κ3) is 6.37. The Morgan fingerprint density at radius 1 is 0.956 bits per heavy atom. The number of nitrogens with zero attached hydrogens (tertiary/aromatic N) is 4. The Labute approximate surface area is 260 Å². The van der Waals surface area contributed by atoms with E-state index in [1.807, 2.05) is 0 Å². The van der Waals surface area contributed by atoms with E-state index in [-0.39, 0.29) is 42.2 Å². The molecule has 0 saturated heterocycles. The summed E-state index contributed by atoms with van der Waals surface area (Å²) in [6.07, 6.45) is 3.32. The van der Waals surface area contributed by atoms with E-state index in [2.05, 4.69) is 30.7 Å². The third-order valence-corrected chi connectivity index (χ3v) is 6.99. The Hall–Kier alpha value is -5.21. The SMILES string of the molecule is COCc1noc(-c2cc3c(Oc4ncc(NC(=O)C5(C(=O)Nc6ccc(F)cc6)CC5)cc4F)ccnc3cc2OC)n1.Cl. The summed E-state index contributed by atoms with van der Waals surface area (Å²) in [7, 11) is 3.00. The number of nitrogens with one attached hydrogen (secondary N) is 2. The van der Waals surface area contributed by atoms with Crippen LogP contribution in [0.4, 0.5) is 20.2 Å². The van der Waals surface area contributed by atoms with Gasteiger partial charge in [0.05, 0.1) is 30.1 Å². The van der Waals surface area contributed by atoms with Gasteiger partial charge in [0.25, 0.3) is 11.8 Å². The highest BCUT2D eigenvalue weighted by Gasteiger charge is 2.56. The topological polar surface area (TPSA) is 151 Å². The molecule has 1 aliphatic rings. The lowest BCUT2D eigenvalue weighted by Crippen LogP contribution is -2.35. The molecule has 6 rings (SSSR count). The van der Waals surface area contributed by atoms with Crippen molar-refractivity contribution in [2.24, 2.45) is 5.41 Å². The first-order valence-corrected chi connectivity index (χ1v) is 13.3. The average Bonchev–Trinajstić information content (AvgIpc) is 3.72. The number of ether oxygens (including phenoxy) is 3. The van der Waals surface area contributed by atoms with E-state index in [4.69, 9.17) is 18.7 Å². The molecular weight excluding hydrogens is 614 g/mol. The van der Waals surface area contributed by atoms with Gasteiger partial charge in [-0.1, -0.05) is 5.16 Å². The number of fused-ring (bicyclic) bond motifs is 1. The van der Waals surface area contributed by atoms with Gasteiger partial charge in [0.15, 0.2) is 11.6 Å². The maximum atomic E-state index is 15.2. The molecule has 0 aliphatic heterocycles. The number of halogens is 3. The summed E-state index contributed by atoms with van der Waals surface area (Å²) in [6, 6.07) is 11.1. The van der Waals surface area contributed by atoms with Gasteiger partial charge >= 0.3 is 0 Å². The standard InChI is InChI=1S/C30H24F2N6O6.ClH/c1-41-15-25-37-26(44-38-25)20-12-19-22(13-24(20)42-2)33-10-7-23(19)43-27-21(32)11-18(14-34-27)36-29(40)30(8-9-30)28(39)35-17-5-3-16(31)4-6-17;/h3-7,10-14H,8-9,15H2,1-2H3,(H,35,39)(H,36,40);1H. The summed E-state index contributed by atoms with van der Waals surface area (Å²) in [5.41, 5.74) is 0.00833. The zero-order chi connectivity index (χ0) is 30.8. The predicted octanol–water partition coefficient (Wildman–Crippen LogP) is 5.68. The number of hydrogen-bond donors (Lipinski definition) is 2. The minimum Gasteiger partial charge on any atom is -0.496 e. The molecule has 15 heteroatoms. The number of methoxy groups -OCH3 is 2. The van der Waals surface area contributed by atoms with E-state index < -0.39 is 28.9 Å². The van der Waals surface area contributed by atoms with Crippen LogP contribution in [0.1, 0.15) is 18.7 Å². The zero-order valence-corrected chi connectivity index (χ0v) is 24.6. The lowest BCUT2D eigenvalue weighted by atomic mass is 10.0. The second-order valence-corrected chi connectivity index (χ2v) is 9.94. The number of carbonyl (C=O) groups excluding carboxylic acids is 2. The molecule has 5 aromatic rings. The van der Waals surface area contributed by atoms with Crippen LogP contribution < -0.4 is 20.1 Å². The number of amides is 2. The highest BCUT2D eigenvalue weighted by atomic mass is 35.5. The van der Waals surface area contributed by atoms with Crippen LogP contribution in [0.15, 0.2) is 65.4 Å². The van der Waals surface area contributed by atoms with Gasteiger partial charge in [0, 0.05) is 36.5 Å². The molecule has 0 radical (unpaired) electrons. The minimum absolute atomic E-state index is 0. The fourth-order valence-electron chi connectivity index (χ4n) is 4.51. The van der Waals surface area contributed by atoms with E-state index >= 15 is 4.39 Å². The van der Waals surface area contributed by atoms with Crippen molar-refractivity contribution in [1.29, 1.82) is 0 Å². The van der Waals surface area contributed by atoms with Crippen LogP contribution in [-0.4, -0.2) is 46.1 Å². The van der Waals surface area contributed by atoms with Crippen molar-refractivity contribution in [3.63, 3.8) is 0 Å². The normalized spacial score (nSPS) is 13.1. The summed E-state index contributed by atoms with van der Waals surface area (Å²) >= 11 is 0. The first kappa shape index (κ1) is 31.2. The number of pyridine rings is 2. The molecule has 12 nitrogen and oxygen atoms in total. The van der Waals surface area contributed by atoms with Gasteiger partial charge < -0.3 is 29.4 Å². The number of hydrogen-bond acceptors (Lipinski definition) is 10. The van der Waals surface area contributed by atoms with Gasteiger partial charge in [-0.25, -0.2) is 13.8 Å². The number of anilines is 2. The fourth-order valence-corrected chi connectivity index (χ4v) is 4.51. The molecule has 45 heavy (non-hydrogen) atoms. The second kappa shape index (κ2) is 12.8. The van der Waals surface area contributed by atoms with E-state index in [1.54, 1.807) is 12.1 Å². The summed E-state index contributed by atoms with van der Waals surface area (Å²) in [6.45, 7) is 0.154. The van der Waals surface area contributed by atoms with E-state index in [9.17, 15) is 14.0 Å². The molecule has 3 aromatic heterocycles. The molecule has 1 fully saturated rings. The Morgan fingerprint density at radius 2 is 1.69 bits per heavy atom. The van der Waals surface area contributed by atoms with Crippen LogP contribution in [-0.2, 0) is 20.9 Å². The Kier molecular flexibility index (Phi) is 8.88. The van der Waals surface area contributed by atoms with Crippen LogP contribution in [0.2, 0.25) is 0 Å². The van der Waals surface area contributed by atoms with Gasteiger partial charge in [-0.3, -0.25) is 14.6 Å². The second-order valence-electron chi connectivity index (χ2n) is 9.94. The summed E-state index contributed by atoms with van der Waals surface area (Å²) in [5, 5.41) is 9.54. The van der Waals surface area contributed by atoms with Gasteiger partial charge in [-0.15, -0.1) is 12.4 Å². The van der Waals surface area contributed by atoms with Crippen molar-refractivity contribution in [3.8, 4) is 28.8 Å². The Balaban J connectivity index is 0.00000400. The maximum absolute atomic E-state index is 15.2. The van der Waals surface area contributed by atoms with E-state index in [0.717, 1.165) is 6.07 Å². The first-order chi connectivity index (χ1) is 21.3. The molecule has 2 aromatic carbocycles. The van der Waals surface area contributed by atoms with Crippen molar-refractivity contribution in [2.45, 2.75) is 19.4 Å². The molecule has 0 spiro atoms. The summed E-state index contributed by atoms with van der Waals surface area (Å²) < 4.78 is 50.1. The van der Waals surface area contributed by atoms with Crippen molar-refractivity contribution >= 4 is 46.5 Å². The molecule has 1 saturated carbocycles. The van der Waals surface area contributed by atoms with E-state index in [0.29, 0.717) is 46.6 Å². The highest BCUT2D eigenvalue weighted by Crippen LogP contribution is 2.47. The summed E-state index contributed by atoms with van der Waals surface area (Å²) in [5.74, 6) is -1.65. The van der Waals surface area contributed by atoms with Gasteiger partial charge in [-0.05, 0) is 49.2 Å². The minimum atomic E-state index is -1.32. The first-order valence-electron chi connectivity index (χ1n) is 13.3. The quantitative estimate of drug-likeness (QED) is 0.183. The highest BCUT2D eigenvalue weighted by molar-refractivity contribution is 6.16. The Morgan fingerprint density at radius 3 is 2.36 bits per heavy atom. The predicted molar refractivity (Wildman–Crippen MR) is 159 cm³/mol. The number of carbonyl (C=O) groups is 2. The van der Waals surface area contributed by atoms with Crippen LogP contribution in [0.25, 0.3) is 22.4 Å². The monoisotopic (exact) mass is 638 g/mol. The average molecular weight is 639 g/mol. The van der Waals surface area contributed by atoms with Crippen LogP contribution in [0, 0.1) is 17.0 Å². The molecule has 3 heterocycles. The van der Waals surface area contributed by atoms with Crippen LogP contribution in [0.3, 0.4) is 0 Å². The molecular formula is C30H25ClF2N6O6. The Bertz CT molecular complexity index is 1880. The fraction of sp³-hybridized carbons (Fsp3) is 0.200. The van der Waals surface area contributed by atoms with Gasteiger partial charge in [0.2, 0.25) is 11.8 Å². The van der Waals surface area contributed by atoms with Crippen molar-refractivity contribution in [1.82, 2.24) is 20.1 Å². The van der Waals surface area contributed by atoms with E-state index in [1.165, 1.54) is 56.9 Å². The largest absolute Gasteiger partial charge is 0.496 e. The lowest BCUT2D eigenvalue weighted by molar-refractivity contribution is -0.131. The van der Waals surface area contributed by atoms with Crippen LogP contribution in [0.5, 0.6) is 17.4 Å². The number of rotatable bonds is 10. The smallest absolute Gasteiger partial charge is 0.261 e. The van der Waals surface area contributed by atoms with Gasteiger partial charge in [0.1, 0.15) is 29.3 Å². The molecule has 1 aliphatic carbocycles. The molecule has 2 N–H and O–H groups in total. The van der Waals surface area contributed by atoms with Gasteiger partial charge in [-0.2, -0.15) is 4.98 Å². The molecule has 2 amide bonds.